The molecule has 19 heavy (non-hydrogen) atoms. The van der Waals surface area contributed by atoms with Crippen molar-refractivity contribution >= 4 is 16.9 Å². The summed E-state index contributed by atoms with van der Waals surface area (Å²) in [5, 5.41) is -0.404. The average Bonchev–Trinajstić information content (AvgIpc) is 2.25. The molecule has 0 aromatic carbocycles. The van der Waals surface area contributed by atoms with Crippen LogP contribution >= 0.6 is 11.8 Å². The molecule has 0 heterocycles. The molecule has 0 aromatic rings. The van der Waals surface area contributed by atoms with Crippen LogP contribution in [0.25, 0.3) is 0 Å². The molecule has 0 aliphatic heterocycles. The summed E-state index contributed by atoms with van der Waals surface area (Å²) >= 11 is 0.515. The SMILES string of the molecule is CCC(=O)SCCC(F)(F)C(F)C(F)CC(F)(F)F. The minimum atomic E-state index is -5.05. The standard InChI is InChI=1S/C10H13F7OS/c1-2-7(18)19-4-3-9(13,14)8(12)6(11)5-10(15,16)17/h6,8H,2-5H2,1H3. The zero-order valence-corrected chi connectivity index (χ0v) is 10.8. The lowest BCUT2D eigenvalue weighted by molar-refractivity contribution is -0.169. The van der Waals surface area contributed by atoms with Crippen molar-refractivity contribution in [1.29, 1.82) is 0 Å². The van der Waals surface area contributed by atoms with Crippen LogP contribution < -0.4 is 0 Å². The van der Waals surface area contributed by atoms with E-state index in [1.807, 2.05) is 0 Å². The third-order valence-electron chi connectivity index (χ3n) is 2.13. The van der Waals surface area contributed by atoms with Gasteiger partial charge in [0.1, 0.15) is 6.17 Å². The number of hydrogen-bond acceptors (Lipinski definition) is 2. The predicted molar refractivity (Wildman–Crippen MR) is 57.8 cm³/mol. The molecule has 2 unspecified atom stereocenters. The fourth-order valence-corrected chi connectivity index (χ4v) is 1.94. The molecule has 1 nitrogen and oxygen atoms in total. The Balaban J connectivity index is 4.33. The van der Waals surface area contributed by atoms with E-state index in [2.05, 4.69) is 0 Å². The van der Waals surface area contributed by atoms with Crippen LogP contribution in [0.3, 0.4) is 0 Å². The molecule has 0 radical (unpaired) electrons. The number of halogens is 7. The molecule has 0 rings (SSSR count). The average molecular weight is 314 g/mol. The van der Waals surface area contributed by atoms with Gasteiger partial charge in [-0.2, -0.15) is 13.2 Å². The van der Waals surface area contributed by atoms with E-state index in [9.17, 15) is 35.5 Å². The Morgan fingerprint density at radius 3 is 2.11 bits per heavy atom. The summed E-state index contributed by atoms with van der Waals surface area (Å²) in [7, 11) is 0. The fraction of sp³-hybridized carbons (Fsp3) is 0.900. The molecular weight excluding hydrogens is 301 g/mol. The van der Waals surface area contributed by atoms with Gasteiger partial charge in [-0.15, -0.1) is 0 Å². The highest BCUT2D eigenvalue weighted by atomic mass is 32.2. The van der Waals surface area contributed by atoms with Gasteiger partial charge in [-0.1, -0.05) is 18.7 Å². The molecule has 0 aliphatic carbocycles. The summed E-state index contributed by atoms with van der Waals surface area (Å²) in [5.74, 6) is -4.70. The van der Waals surface area contributed by atoms with E-state index >= 15 is 0 Å². The summed E-state index contributed by atoms with van der Waals surface area (Å²) < 4.78 is 87.2. The van der Waals surface area contributed by atoms with Gasteiger partial charge in [0.15, 0.2) is 11.3 Å². The van der Waals surface area contributed by atoms with E-state index in [0.29, 0.717) is 11.8 Å². The Morgan fingerprint density at radius 2 is 1.68 bits per heavy atom. The maximum Gasteiger partial charge on any atom is 0.392 e. The van der Waals surface area contributed by atoms with E-state index < -0.39 is 48.2 Å². The number of hydrogen-bond donors (Lipinski definition) is 0. The van der Waals surface area contributed by atoms with Crippen molar-refractivity contribution in [3.63, 3.8) is 0 Å². The van der Waals surface area contributed by atoms with Crippen LogP contribution in [-0.4, -0.2) is 35.3 Å². The van der Waals surface area contributed by atoms with Gasteiger partial charge in [-0.3, -0.25) is 4.79 Å². The molecule has 0 N–H and O–H groups in total. The van der Waals surface area contributed by atoms with E-state index in [4.69, 9.17) is 0 Å². The number of thioether (sulfide) groups is 1. The lowest BCUT2D eigenvalue weighted by Gasteiger charge is -2.23. The monoisotopic (exact) mass is 314 g/mol. The van der Waals surface area contributed by atoms with Crippen LogP contribution in [-0.2, 0) is 4.79 Å². The molecule has 0 aromatic heterocycles. The highest BCUT2D eigenvalue weighted by molar-refractivity contribution is 8.13. The Hall–Kier alpha value is -0.470. The molecule has 9 heteroatoms. The van der Waals surface area contributed by atoms with E-state index in [1.54, 1.807) is 0 Å². The smallest absolute Gasteiger partial charge is 0.287 e. The first-order chi connectivity index (χ1) is 8.49. The Labute approximate surface area is 109 Å². The van der Waals surface area contributed by atoms with E-state index in [-0.39, 0.29) is 6.42 Å². The van der Waals surface area contributed by atoms with Crippen molar-refractivity contribution in [1.82, 2.24) is 0 Å². The Kier molecular flexibility index (Phi) is 7.17. The summed E-state index contributed by atoms with van der Waals surface area (Å²) in [6.45, 7) is 1.49. The van der Waals surface area contributed by atoms with Gasteiger partial charge in [0, 0.05) is 18.6 Å². The van der Waals surface area contributed by atoms with Gasteiger partial charge in [0.2, 0.25) is 0 Å². The summed E-state index contributed by atoms with van der Waals surface area (Å²) in [5.41, 5.74) is 0. The summed E-state index contributed by atoms with van der Waals surface area (Å²) in [6, 6.07) is 0. The number of carbonyl (C=O) groups excluding carboxylic acids is 1. The second-order valence-electron chi connectivity index (χ2n) is 3.82. The first-order valence-electron chi connectivity index (χ1n) is 5.38. The third kappa shape index (κ3) is 7.64. The van der Waals surface area contributed by atoms with Gasteiger partial charge in [0.05, 0.1) is 6.42 Å². The van der Waals surface area contributed by atoms with Gasteiger partial charge >= 0.3 is 6.18 Å². The molecule has 0 fully saturated rings. The van der Waals surface area contributed by atoms with Crippen LogP contribution in [0.1, 0.15) is 26.2 Å². The number of carbonyl (C=O) groups is 1. The van der Waals surface area contributed by atoms with Crippen molar-refractivity contribution in [3.05, 3.63) is 0 Å². The Morgan fingerprint density at radius 1 is 1.16 bits per heavy atom. The molecule has 0 amide bonds. The highest BCUT2D eigenvalue weighted by Crippen LogP contribution is 2.35. The largest absolute Gasteiger partial charge is 0.392 e. The van der Waals surface area contributed by atoms with Crippen LogP contribution in [0.5, 0.6) is 0 Å². The Bertz CT molecular complexity index is 292. The lowest BCUT2D eigenvalue weighted by Crippen LogP contribution is -2.40. The van der Waals surface area contributed by atoms with E-state index in [1.165, 1.54) is 6.92 Å². The molecule has 114 valence electrons. The maximum atomic E-state index is 13.1. The normalized spacial score (nSPS) is 16.2. The van der Waals surface area contributed by atoms with Gasteiger partial charge in [-0.05, 0) is 0 Å². The minimum absolute atomic E-state index is 0.0924. The first kappa shape index (κ1) is 18.5. The van der Waals surface area contributed by atoms with Crippen molar-refractivity contribution in [2.24, 2.45) is 0 Å². The van der Waals surface area contributed by atoms with Crippen molar-refractivity contribution < 1.29 is 35.5 Å². The van der Waals surface area contributed by atoms with Gasteiger partial charge < -0.3 is 0 Å². The molecular formula is C10H13F7OS. The second-order valence-corrected chi connectivity index (χ2v) is 4.97. The molecule has 0 bridgehead atoms. The first-order valence-corrected chi connectivity index (χ1v) is 6.36. The van der Waals surface area contributed by atoms with Crippen molar-refractivity contribution in [3.8, 4) is 0 Å². The van der Waals surface area contributed by atoms with Crippen molar-refractivity contribution in [2.45, 2.75) is 50.6 Å². The zero-order valence-electron chi connectivity index (χ0n) is 9.95. The van der Waals surface area contributed by atoms with Crippen LogP contribution in [0, 0.1) is 0 Å². The molecule has 2 atom stereocenters. The third-order valence-corrected chi connectivity index (χ3v) is 3.15. The molecule has 0 saturated heterocycles. The summed E-state index contributed by atoms with van der Waals surface area (Å²) in [6.07, 6.45) is -15.3. The summed E-state index contributed by atoms with van der Waals surface area (Å²) in [4.78, 5) is 10.8. The number of alkyl halides is 7. The van der Waals surface area contributed by atoms with Crippen LogP contribution in [0.4, 0.5) is 30.7 Å². The molecule has 0 spiro atoms. The van der Waals surface area contributed by atoms with Crippen LogP contribution in [0.2, 0.25) is 0 Å². The number of rotatable bonds is 7. The fourth-order valence-electron chi connectivity index (χ4n) is 1.13. The zero-order chi connectivity index (χ0) is 15.3. The van der Waals surface area contributed by atoms with Gasteiger partial charge in [0.25, 0.3) is 5.92 Å². The predicted octanol–water partition coefficient (Wildman–Crippen LogP) is 4.31. The molecule has 0 aliphatic rings. The quantitative estimate of drug-likeness (QED) is 0.651. The maximum absolute atomic E-state index is 13.1. The van der Waals surface area contributed by atoms with Crippen LogP contribution in [0.15, 0.2) is 0 Å². The topological polar surface area (TPSA) is 17.1 Å². The van der Waals surface area contributed by atoms with Crippen molar-refractivity contribution in [2.75, 3.05) is 5.75 Å². The van der Waals surface area contributed by atoms with E-state index in [0.717, 1.165) is 0 Å². The minimum Gasteiger partial charge on any atom is -0.287 e. The highest BCUT2D eigenvalue weighted by Gasteiger charge is 2.48. The molecule has 0 saturated carbocycles. The second kappa shape index (κ2) is 7.35. The lowest BCUT2D eigenvalue weighted by atomic mass is 10.0. The van der Waals surface area contributed by atoms with Gasteiger partial charge in [-0.25, -0.2) is 17.6 Å².